The molecule has 2 aromatic rings. The molecular formula is C12H8BrNO4S. The van der Waals surface area contributed by atoms with Gasteiger partial charge in [0.05, 0.1) is 19.7 Å². The molecule has 2 rings (SSSR count). The van der Waals surface area contributed by atoms with E-state index in [2.05, 4.69) is 15.9 Å². The molecule has 0 aliphatic carbocycles. The Morgan fingerprint density at radius 1 is 1.37 bits per heavy atom. The van der Waals surface area contributed by atoms with Gasteiger partial charge in [-0.3, -0.25) is 14.9 Å². The summed E-state index contributed by atoms with van der Waals surface area (Å²) < 4.78 is 6.13. The van der Waals surface area contributed by atoms with Gasteiger partial charge in [-0.25, -0.2) is 0 Å². The topological polar surface area (TPSA) is 69.4 Å². The lowest BCUT2D eigenvalue weighted by Gasteiger charge is -2.03. The van der Waals surface area contributed by atoms with Crippen molar-refractivity contribution in [3.63, 3.8) is 0 Å². The highest BCUT2D eigenvalue weighted by Crippen LogP contribution is 2.23. The molecule has 0 amide bonds. The zero-order chi connectivity index (χ0) is 13.8. The Morgan fingerprint density at radius 2 is 2.16 bits per heavy atom. The van der Waals surface area contributed by atoms with E-state index in [1.165, 1.54) is 29.5 Å². The number of nitro groups is 1. The molecule has 0 saturated carbocycles. The van der Waals surface area contributed by atoms with Gasteiger partial charge in [0.1, 0.15) is 5.75 Å². The molecule has 0 spiro atoms. The lowest BCUT2D eigenvalue weighted by atomic mass is 10.3. The lowest BCUT2D eigenvalue weighted by Crippen LogP contribution is -2.10. The van der Waals surface area contributed by atoms with Gasteiger partial charge < -0.3 is 4.74 Å². The number of thiophene rings is 1. The average Bonchev–Trinajstić information content (AvgIpc) is 2.83. The number of rotatable bonds is 5. The van der Waals surface area contributed by atoms with E-state index < -0.39 is 4.92 Å². The first-order valence-electron chi connectivity index (χ1n) is 5.22. The Hall–Kier alpha value is -1.73. The smallest absolute Gasteiger partial charge is 0.273 e. The Morgan fingerprint density at radius 3 is 2.79 bits per heavy atom. The molecule has 0 atom stereocenters. The molecule has 0 saturated heterocycles. The van der Waals surface area contributed by atoms with E-state index >= 15 is 0 Å². The third kappa shape index (κ3) is 3.62. The first-order valence-corrected chi connectivity index (χ1v) is 6.83. The van der Waals surface area contributed by atoms with Crippen LogP contribution in [0.5, 0.6) is 5.75 Å². The molecule has 5 nitrogen and oxygen atoms in total. The minimum absolute atomic E-state index is 0.0659. The van der Waals surface area contributed by atoms with Crippen LogP contribution in [0.15, 0.2) is 40.2 Å². The molecule has 7 heteroatoms. The number of carbonyl (C=O) groups excluding carboxylic acids is 1. The quantitative estimate of drug-likeness (QED) is 0.472. The van der Waals surface area contributed by atoms with Crippen molar-refractivity contribution in [1.29, 1.82) is 0 Å². The van der Waals surface area contributed by atoms with Crippen LogP contribution < -0.4 is 4.74 Å². The van der Waals surface area contributed by atoms with E-state index in [0.29, 0.717) is 10.6 Å². The molecule has 0 radical (unpaired) electrons. The van der Waals surface area contributed by atoms with E-state index in [-0.39, 0.29) is 18.1 Å². The Kier molecular flexibility index (Phi) is 4.28. The summed E-state index contributed by atoms with van der Waals surface area (Å²) in [5, 5.41) is 10.6. The number of halogens is 1. The molecule has 19 heavy (non-hydrogen) atoms. The second-order valence-electron chi connectivity index (χ2n) is 3.57. The number of ketones is 1. The molecule has 98 valence electrons. The number of hydrogen-bond acceptors (Lipinski definition) is 5. The molecule has 0 fully saturated rings. The van der Waals surface area contributed by atoms with Crippen LogP contribution in [-0.2, 0) is 0 Å². The van der Waals surface area contributed by atoms with Crippen molar-refractivity contribution in [2.45, 2.75) is 0 Å². The van der Waals surface area contributed by atoms with Crippen molar-refractivity contribution in [3.8, 4) is 5.75 Å². The predicted molar refractivity (Wildman–Crippen MR) is 74.9 cm³/mol. The molecule has 0 bridgehead atoms. The predicted octanol–water partition coefficient (Wildman–Crippen LogP) is 3.68. The molecule has 0 N–H and O–H groups in total. The summed E-state index contributed by atoms with van der Waals surface area (Å²) in [6.07, 6.45) is 0. The number of hydrogen-bond donors (Lipinski definition) is 0. The van der Waals surface area contributed by atoms with Gasteiger partial charge in [-0.1, -0.05) is 6.07 Å². The van der Waals surface area contributed by atoms with Crippen LogP contribution in [-0.4, -0.2) is 17.3 Å². The summed E-state index contributed by atoms with van der Waals surface area (Å²) in [4.78, 5) is 22.4. The normalized spacial score (nSPS) is 10.2. The molecule has 1 heterocycles. The van der Waals surface area contributed by atoms with Gasteiger partial charge >= 0.3 is 0 Å². The Bertz CT molecular complexity index is 626. The third-order valence-electron chi connectivity index (χ3n) is 2.25. The van der Waals surface area contributed by atoms with E-state index in [1.807, 2.05) is 0 Å². The summed E-state index contributed by atoms with van der Waals surface area (Å²) in [6.45, 7) is -0.145. The highest BCUT2D eigenvalue weighted by molar-refractivity contribution is 9.11. The summed E-state index contributed by atoms with van der Waals surface area (Å²) in [5.41, 5.74) is -0.0659. The van der Waals surface area contributed by atoms with Crippen molar-refractivity contribution >= 4 is 38.7 Å². The summed E-state index contributed by atoms with van der Waals surface area (Å²) in [6, 6.07) is 9.23. The second kappa shape index (κ2) is 5.94. The van der Waals surface area contributed by atoms with Crippen molar-refractivity contribution in [2.24, 2.45) is 0 Å². The van der Waals surface area contributed by atoms with Gasteiger partial charge in [-0.05, 0) is 34.1 Å². The van der Waals surface area contributed by atoms with Crippen LogP contribution in [0.4, 0.5) is 5.69 Å². The minimum Gasteiger partial charge on any atom is -0.485 e. The molecule has 1 aromatic heterocycles. The number of Topliss-reactive ketones (excluding diaryl/α,β-unsaturated/α-hetero) is 1. The van der Waals surface area contributed by atoms with Gasteiger partial charge in [0.15, 0.2) is 6.61 Å². The van der Waals surface area contributed by atoms with Crippen LogP contribution in [0.1, 0.15) is 9.67 Å². The summed E-state index contributed by atoms with van der Waals surface area (Å²) >= 11 is 4.59. The van der Waals surface area contributed by atoms with Crippen molar-refractivity contribution in [3.05, 3.63) is 55.2 Å². The van der Waals surface area contributed by atoms with Gasteiger partial charge in [-0.2, -0.15) is 0 Å². The SMILES string of the molecule is O=C(COc1cccc([N+](=O)[O-])c1)c1ccc(Br)s1. The van der Waals surface area contributed by atoms with Crippen molar-refractivity contribution in [2.75, 3.05) is 6.61 Å². The van der Waals surface area contributed by atoms with Gasteiger partial charge in [0.25, 0.3) is 5.69 Å². The number of ether oxygens (including phenoxy) is 1. The van der Waals surface area contributed by atoms with Crippen molar-refractivity contribution < 1.29 is 14.5 Å². The molecule has 0 aliphatic heterocycles. The fraction of sp³-hybridized carbons (Fsp3) is 0.0833. The average molecular weight is 342 g/mol. The maximum absolute atomic E-state index is 11.8. The molecule has 0 unspecified atom stereocenters. The van der Waals surface area contributed by atoms with Gasteiger partial charge in [0.2, 0.25) is 5.78 Å². The number of benzene rings is 1. The lowest BCUT2D eigenvalue weighted by molar-refractivity contribution is -0.384. The first kappa shape index (κ1) is 13.7. The van der Waals surface area contributed by atoms with Crippen LogP contribution in [0.2, 0.25) is 0 Å². The van der Waals surface area contributed by atoms with Crippen molar-refractivity contribution in [1.82, 2.24) is 0 Å². The summed E-state index contributed by atoms with van der Waals surface area (Å²) in [7, 11) is 0. The number of nitro benzene ring substituents is 1. The largest absolute Gasteiger partial charge is 0.485 e. The van der Waals surface area contributed by atoms with E-state index in [4.69, 9.17) is 4.74 Å². The molecule has 1 aromatic carbocycles. The Labute approximate surface area is 121 Å². The van der Waals surface area contributed by atoms with Crippen LogP contribution in [0.3, 0.4) is 0 Å². The molecular weight excluding hydrogens is 334 g/mol. The maximum atomic E-state index is 11.8. The standard InChI is InChI=1S/C12H8BrNO4S/c13-12-5-4-11(19-12)10(15)7-18-9-3-1-2-8(6-9)14(16)17/h1-6H,7H2. The highest BCUT2D eigenvalue weighted by atomic mass is 79.9. The number of nitrogens with zero attached hydrogens (tertiary/aromatic N) is 1. The van der Waals surface area contributed by atoms with E-state index in [0.717, 1.165) is 3.79 Å². The van der Waals surface area contributed by atoms with E-state index in [9.17, 15) is 14.9 Å². The van der Waals surface area contributed by atoms with Crippen LogP contribution in [0, 0.1) is 10.1 Å². The van der Waals surface area contributed by atoms with Gasteiger partial charge in [0, 0.05) is 6.07 Å². The first-order chi connectivity index (χ1) is 9.06. The van der Waals surface area contributed by atoms with Crippen LogP contribution >= 0.6 is 27.3 Å². The fourth-order valence-electron chi connectivity index (χ4n) is 1.37. The molecule has 0 aliphatic rings. The van der Waals surface area contributed by atoms with E-state index in [1.54, 1.807) is 18.2 Å². The third-order valence-corrected chi connectivity index (χ3v) is 3.91. The van der Waals surface area contributed by atoms with Crippen LogP contribution in [0.25, 0.3) is 0 Å². The highest BCUT2D eigenvalue weighted by Gasteiger charge is 2.11. The monoisotopic (exact) mass is 341 g/mol. The number of non-ortho nitro benzene ring substituents is 1. The zero-order valence-electron chi connectivity index (χ0n) is 9.54. The zero-order valence-corrected chi connectivity index (χ0v) is 11.9. The number of carbonyl (C=O) groups is 1. The maximum Gasteiger partial charge on any atom is 0.273 e. The Balaban J connectivity index is 2.01. The summed E-state index contributed by atoms with van der Waals surface area (Å²) in [5.74, 6) is 0.139. The minimum atomic E-state index is -0.509. The second-order valence-corrected chi connectivity index (χ2v) is 6.03. The van der Waals surface area contributed by atoms with Gasteiger partial charge in [-0.15, -0.1) is 11.3 Å². The fourth-order valence-corrected chi connectivity index (χ4v) is 2.68.